The predicted octanol–water partition coefficient (Wildman–Crippen LogP) is 1.92. The van der Waals surface area contributed by atoms with Crippen LogP contribution in [0.25, 0.3) is 0 Å². The number of aromatic nitrogens is 1. The van der Waals surface area contributed by atoms with Gasteiger partial charge in [-0.25, -0.2) is 9.37 Å². The molecule has 1 atom stereocenters. The molecule has 3 N–H and O–H groups in total. The van der Waals surface area contributed by atoms with E-state index in [1.165, 1.54) is 12.1 Å². The summed E-state index contributed by atoms with van der Waals surface area (Å²) in [4.78, 5) is 19.8. The lowest BCUT2D eigenvalue weighted by molar-refractivity contribution is -0.683. The molecule has 1 aromatic carbocycles. The molecule has 0 spiro atoms. The van der Waals surface area contributed by atoms with Crippen molar-refractivity contribution in [3.05, 3.63) is 58.0 Å². The Labute approximate surface area is 168 Å². The number of carbonyl (C=O) groups excluding carboxylic acids is 1. The fourth-order valence-corrected chi connectivity index (χ4v) is 3.75. The first-order valence-corrected chi connectivity index (χ1v) is 9.68. The number of halogens is 3. The van der Waals surface area contributed by atoms with E-state index in [0.29, 0.717) is 30.2 Å². The molecule has 0 aliphatic carbocycles. The molecule has 8 heteroatoms. The highest BCUT2D eigenvalue weighted by molar-refractivity contribution is 6.35. The van der Waals surface area contributed by atoms with Gasteiger partial charge in [0.1, 0.15) is 24.9 Å². The number of rotatable bonds is 5. The van der Waals surface area contributed by atoms with Crippen molar-refractivity contribution in [3.63, 3.8) is 0 Å². The summed E-state index contributed by atoms with van der Waals surface area (Å²) in [5.74, 6) is 0.629. The van der Waals surface area contributed by atoms with Gasteiger partial charge in [0.05, 0.1) is 29.3 Å². The van der Waals surface area contributed by atoms with Crippen molar-refractivity contribution in [2.75, 3.05) is 37.6 Å². The van der Waals surface area contributed by atoms with E-state index in [1.807, 2.05) is 41.5 Å². The number of amides is 1. The van der Waals surface area contributed by atoms with E-state index in [1.54, 1.807) is 0 Å². The average Bonchev–Trinajstić information content (AvgIpc) is 2.69. The van der Waals surface area contributed by atoms with Crippen LogP contribution in [-0.4, -0.2) is 43.5 Å². The maximum atomic E-state index is 13.7. The van der Waals surface area contributed by atoms with E-state index in [0.717, 1.165) is 18.9 Å². The molecule has 2 aromatic rings. The zero-order valence-corrected chi connectivity index (χ0v) is 16.6. The minimum absolute atomic E-state index is 0.000517. The Morgan fingerprint density at radius 1 is 1.22 bits per heavy atom. The fraction of sp³-hybridized carbons (Fsp3) is 0.368. The van der Waals surface area contributed by atoms with Crippen molar-refractivity contribution in [1.82, 2.24) is 4.90 Å². The molecule has 5 nitrogen and oxygen atoms in total. The quantitative estimate of drug-likeness (QED) is 0.762. The van der Waals surface area contributed by atoms with Crippen LogP contribution in [0.15, 0.2) is 36.5 Å². The van der Waals surface area contributed by atoms with Crippen LogP contribution in [0.4, 0.5) is 10.2 Å². The number of nitrogens with zero attached hydrogens (tertiary/aromatic N) is 2. The number of piperazine rings is 1. The van der Waals surface area contributed by atoms with Gasteiger partial charge < -0.3 is 10.2 Å². The summed E-state index contributed by atoms with van der Waals surface area (Å²) in [6.07, 6.45) is 1.90. The summed E-state index contributed by atoms with van der Waals surface area (Å²) >= 11 is 11.9. The number of pyridine rings is 1. The molecule has 3 rings (SSSR count). The second-order valence-electron chi connectivity index (χ2n) is 6.63. The summed E-state index contributed by atoms with van der Waals surface area (Å²) in [5.41, 5.74) is 0.635. The van der Waals surface area contributed by atoms with Crippen molar-refractivity contribution in [3.8, 4) is 0 Å². The van der Waals surface area contributed by atoms with E-state index in [-0.39, 0.29) is 17.0 Å². The Kier molecular flexibility index (Phi) is 6.52. The summed E-state index contributed by atoms with van der Waals surface area (Å²) < 4.78 is 13.7. The van der Waals surface area contributed by atoms with E-state index in [2.05, 4.69) is 9.88 Å². The van der Waals surface area contributed by atoms with Crippen LogP contribution >= 0.6 is 23.2 Å². The molecule has 27 heavy (non-hydrogen) atoms. The number of H-pyrrole nitrogens is 1. The fourth-order valence-electron chi connectivity index (χ4n) is 3.20. The SMILES string of the molecule is C[C@@H]([NH2+]CC(=O)N1CCN(c2cccc[nH+]2)CC1)c1cc(F)c(Cl)cc1Cl. The molecule has 1 aliphatic heterocycles. The molecule has 0 unspecified atom stereocenters. The van der Waals surface area contributed by atoms with Crippen LogP contribution < -0.4 is 15.2 Å². The van der Waals surface area contributed by atoms with Crippen molar-refractivity contribution in [2.45, 2.75) is 13.0 Å². The average molecular weight is 413 g/mol. The van der Waals surface area contributed by atoms with Crippen LogP contribution in [-0.2, 0) is 4.79 Å². The molecular weight excluding hydrogens is 390 g/mol. The van der Waals surface area contributed by atoms with E-state index >= 15 is 0 Å². The van der Waals surface area contributed by atoms with Gasteiger partial charge in [-0.15, -0.1) is 0 Å². The minimum Gasteiger partial charge on any atom is -0.332 e. The predicted molar refractivity (Wildman–Crippen MR) is 103 cm³/mol. The lowest BCUT2D eigenvalue weighted by Gasteiger charge is -2.30. The largest absolute Gasteiger partial charge is 0.332 e. The van der Waals surface area contributed by atoms with E-state index in [4.69, 9.17) is 23.2 Å². The number of benzene rings is 1. The topological polar surface area (TPSA) is 54.3 Å². The second-order valence-corrected chi connectivity index (χ2v) is 7.45. The van der Waals surface area contributed by atoms with Gasteiger partial charge >= 0.3 is 0 Å². The highest BCUT2D eigenvalue weighted by Crippen LogP contribution is 2.27. The number of aromatic amines is 1. The van der Waals surface area contributed by atoms with Crippen LogP contribution in [0.1, 0.15) is 18.5 Å². The summed E-state index contributed by atoms with van der Waals surface area (Å²) in [5, 5.41) is 2.28. The number of quaternary nitrogens is 1. The third kappa shape index (κ3) is 4.89. The van der Waals surface area contributed by atoms with Crippen molar-refractivity contribution in [1.29, 1.82) is 0 Å². The molecule has 0 bridgehead atoms. The molecule has 1 fully saturated rings. The maximum Gasteiger partial charge on any atom is 0.277 e. The molecule has 0 saturated carbocycles. The number of anilines is 1. The number of nitrogens with two attached hydrogens (primary N) is 1. The Balaban J connectivity index is 1.51. The first-order chi connectivity index (χ1) is 13.0. The first kappa shape index (κ1) is 19.9. The van der Waals surface area contributed by atoms with E-state index < -0.39 is 5.82 Å². The smallest absolute Gasteiger partial charge is 0.277 e. The van der Waals surface area contributed by atoms with Gasteiger partial charge in [0.2, 0.25) is 0 Å². The molecular formula is C19H23Cl2FN4O+2. The standard InChI is InChI=1S/C19H21Cl2FN4O/c1-13(14-10-17(22)16(21)11-15(14)20)24-12-19(27)26-8-6-25(7-9-26)18-4-2-3-5-23-18/h2-5,10-11,13,24H,6-9,12H2,1H3/p+2/t13-/m1/s1. The van der Waals surface area contributed by atoms with Crippen LogP contribution in [0.3, 0.4) is 0 Å². The van der Waals surface area contributed by atoms with Crippen molar-refractivity contribution < 1.29 is 19.5 Å². The van der Waals surface area contributed by atoms with Crippen LogP contribution in [0.5, 0.6) is 0 Å². The molecule has 144 valence electrons. The zero-order valence-electron chi connectivity index (χ0n) is 15.1. The van der Waals surface area contributed by atoms with Gasteiger partial charge in [-0.05, 0) is 25.1 Å². The molecule has 2 heterocycles. The zero-order chi connectivity index (χ0) is 19.4. The molecule has 1 amide bonds. The monoisotopic (exact) mass is 412 g/mol. The van der Waals surface area contributed by atoms with Gasteiger partial charge in [-0.2, -0.15) is 0 Å². The minimum atomic E-state index is -0.503. The van der Waals surface area contributed by atoms with Gasteiger partial charge in [-0.1, -0.05) is 29.3 Å². The second kappa shape index (κ2) is 8.87. The number of hydrogen-bond acceptors (Lipinski definition) is 2. The van der Waals surface area contributed by atoms with Gasteiger partial charge in [0.25, 0.3) is 11.7 Å². The maximum absolute atomic E-state index is 13.7. The highest BCUT2D eigenvalue weighted by atomic mass is 35.5. The number of carbonyl (C=O) groups is 1. The molecule has 1 aromatic heterocycles. The normalized spacial score (nSPS) is 15.7. The molecule has 1 saturated heterocycles. The van der Waals surface area contributed by atoms with Crippen molar-refractivity contribution in [2.24, 2.45) is 0 Å². The number of nitrogens with one attached hydrogen (secondary N) is 1. The summed E-state index contributed by atoms with van der Waals surface area (Å²) in [7, 11) is 0. The highest BCUT2D eigenvalue weighted by Gasteiger charge is 2.27. The van der Waals surface area contributed by atoms with Crippen LogP contribution in [0.2, 0.25) is 10.0 Å². The summed E-state index contributed by atoms with van der Waals surface area (Å²) in [6.45, 7) is 5.12. The Morgan fingerprint density at radius 3 is 2.63 bits per heavy atom. The Hall–Kier alpha value is -1.89. The molecule has 1 aliphatic rings. The van der Waals surface area contributed by atoms with Gasteiger partial charge in [0.15, 0.2) is 6.54 Å². The van der Waals surface area contributed by atoms with E-state index in [9.17, 15) is 9.18 Å². The number of hydrogen-bond donors (Lipinski definition) is 1. The Morgan fingerprint density at radius 2 is 1.96 bits per heavy atom. The first-order valence-electron chi connectivity index (χ1n) is 8.93. The lowest BCUT2D eigenvalue weighted by atomic mass is 10.1. The summed E-state index contributed by atoms with van der Waals surface area (Å²) in [6, 6.07) is 8.56. The van der Waals surface area contributed by atoms with Gasteiger partial charge in [0, 0.05) is 11.6 Å². The Bertz CT molecular complexity index is 798. The molecule has 0 radical (unpaired) electrons. The lowest BCUT2D eigenvalue weighted by Crippen LogP contribution is -2.87. The van der Waals surface area contributed by atoms with Crippen LogP contribution in [0, 0.1) is 5.82 Å². The third-order valence-electron chi connectivity index (χ3n) is 4.84. The third-order valence-corrected chi connectivity index (χ3v) is 5.46. The van der Waals surface area contributed by atoms with Crippen molar-refractivity contribution >= 4 is 34.9 Å². The van der Waals surface area contributed by atoms with Gasteiger partial charge in [-0.3, -0.25) is 9.69 Å².